The highest BCUT2D eigenvalue weighted by atomic mass is 35.5. The molecule has 3 rings (SSSR count). The Labute approximate surface area is 125 Å². The fourth-order valence-electron chi connectivity index (χ4n) is 3.74. The Hall–Kier alpha value is -1.22. The maximum absolute atomic E-state index is 12.8. The molecule has 3 nitrogen and oxygen atoms in total. The molecule has 2 N–H and O–H groups in total. The Balaban J connectivity index is 1.87. The zero-order chi connectivity index (χ0) is 14.1. The molecule has 2 atom stereocenters. The molecule has 1 aliphatic heterocycles. The van der Waals surface area contributed by atoms with Crippen molar-refractivity contribution in [2.75, 3.05) is 12.3 Å². The van der Waals surface area contributed by atoms with E-state index in [2.05, 4.69) is 0 Å². The molecular formula is C16H21ClN2O. The van der Waals surface area contributed by atoms with Crippen LogP contribution in [0.3, 0.4) is 0 Å². The standard InChI is InChI=1S/C16H21ClN2O/c17-14-8-7-12(18)10-13(14)16(20)19-9-3-5-11-4-1-2-6-15(11)19/h7-8,10-11,15H,1-6,9,18H2/t11-,15-/m1/s1. The van der Waals surface area contributed by atoms with Crippen molar-refractivity contribution in [2.24, 2.45) is 5.92 Å². The summed E-state index contributed by atoms with van der Waals surface area (Å²) in [5.74, 6) is 0.736. The van der Waals surface area contributed by atoms with Gasteiger partial charge in [-0.2, -0.15) is 0 Å². The SMILES string of the molecule is Nc1ccc(Cl)c(C(=O)N2CCC[C@H]3CCCC[C@H]32)c1. The summed E-state index contributed by atoms with van der Waals surface area (Å²) in [6, 6.07) is 5.56. The topological polar surface area (TPSA) is 46.3 Å². The minimum Gasteiger partial charge on any atom is -0.399 e. The van der Waals surface area contributed by atoms with E-state index in [1.165, 1.54) is 25.7 Å². The second-order valence-electron chi connectivity index (χ2n) is 5.99. The molecule has 1 amide bonds. The first-order valence-corrected chi connectivity index (χ1v) is 7.90. The maximum Gasteiger partial charge on any atom is 0.255 e. The minimum absolute atomic E-state index is 0.0545. The highest BCUT2D eigenvalue weighted by molar-refractivity contribution is 6.34. The highest BCUT2D eigenvalue weighted by Crippen LogP contribution is 2.36. The number of nitrogen functional groups attached to an aromatic ring is 1. The lowest BCUT2D eigenvalue weighted by atomic mass is 9.78. The molecule has 2 aliphatic rings. The van der Waals surface area contributed by atoms with Crippen molar-refractivity contribution in [3.63, 3.8) is 0 Å². The number of fused-ring (bicyclic) bond motifs is 1. The predicted octanol–water partition coefficient (Wildman–Crippen LogP) is 3.72. The lowest BCUT2D eigenvalue weighted by Crippen LogP contribution is -2.49. The number of benzene rings is 1. The number of anilines is 1. The molecule has 0 radical (unpaired) electrons. The molecule has 0 spiro atoms. The van der Waals surface area contributed by atoms with E-state index in [9.17, 15) is 4.79 Å². The quantitative estimate of drug-likeness (QED) is 0.802. The van der Waals surface area contributed by atoms with Gasteiger partial charge in [0.1, 0.15) is 0 Å². The number of rotatable bonds is 1. The molecule has 1 aromatic carbocycles. The van der Waals surface area contributed by atoms with E-state index in [1.54, 1.807) is 18.2 Å². The van der Waals surface area contributed by atoms with E-state index >= 15 is 0 Å². The first-order chi connectivity index (χ1) is 9.66. The van der Waals surface area contributed by atoms with Gasteiger partial charge in [-0.3, -0.25) is 4.79 Å². The summed E-state index contributed by atoms with van der Waals surface area (Å²) in [6.07, 6.45) is 7.30. The largest absolute Gasteiger partial charge is 0.399 e. The van der Waals surface area contributed by atoms with Crippen LogP contribution in [0.1, 0.15) is 48.9 Å². The molecule has 20 heavy (non-hydrogen) atoms. The summed E-state index contributed by atoms with van der Waals surface area (Å²) in [5, 5.41) is 0.502. The van der Waals surface area contributed by atoms with Crippen molar-refractivity contribution < 1.29 is 4.79 Å². The van der Waals surface area contributed by atoms with Crippen LogP contribution in [0, 0.1) is 5.92 Å². The average Bonchev–Trinajstić information content (AvgIpc) is 2.48. The maximum atomic E-state index is 12.8. The highest BCUT2D eigenvalue weighted by Gasteiger charge is 2.36. The number of nitrogens with zero attached hydrogens (tertiary/aromatic N) is 1. The second-order valence-corrected chi connectivity index (χ2v) is 6.40. The summed E-state index contributed by atoms with van der Waals surface area (Å²) >= 11 is 6.18. The zero-order valence-corrected chi connectivity index (χ0v) is 12.4. The van der Waals surface area contributed by atoms with Crippen molar-refractivity contribution >= 4 is 23.2 Å². The van der Waals surface area contributed by atoms with E-state index in [4.69, 9.17) is 17.3 Å². The Morgan fingerprint density at radius 1 is 1.20 bits per heavy atom. The number of piperidine rings is 1. The van der Waals surface area contributed by atoms with Gasteiger partial charge in [-0.15, -0.1) is 0 Å². The summed E-state index contributed by atoms with van der Waals surface area (Å²) in [7, 11) is 0. The van der Waals surface area contributed by atoms with Gasteiger partial charge in [0.2, 0.25) is 0 Å². The molecule has 0 bridgehead atoms. The van der Waals surface area contributed by atoms with Crippen molar-refractivity contribution in [3.05, 3.63) is 28.8 Å². The van der Waals surface area contributed by atoms with Crippen molar-refractivity contribution in [2.45, 2.75) is 44.6 Å². The number of amides is 1. The van der Waals surface area contributed by atoms with Crippen LogP contribution in [0.5, 0.6) is 0 Å². The number of carbonyl (C=O) groups is 1. The number of hydrogen-bond acceptors (Lipinski definition) is 2. The number of carbonyl (C=O) groups excluding carboxylic acids is 1. The molecule has 1 heterocycles. The van der Waals surface area contributed by atoms with Crippen LogP contribution in [0.25, 0.3) is 0 Å². The average molecular weight is 293 g/mol. The Morgan fingerprint density at radius 2 is 1.95 bits per heavy atom. The fourth-order valence-corrected chi connectivity index (χ4v) is 3.94. The second kappa shape index (κ2) is 5.65. The Kier molecular flexibility index (Phi) is 3.88. The van der Waals surface area contributed by atoms with Gasteiger partial charge in [0.25, 0.3) is 5.91 Å². The molecule has 0 unspecified atom stereocenters. The Bertz CT molecular complexity index is 515. The van der Waals surface area contributed by atoms with Gasteiger partial charge >= 0.3 is 0 Å². The van der Waals surface area contributed by atoms with Crippen LogP contribution < -0.4 is 5.73 Å². The van der Waals surface area contributed by atoms with E-state index in [0.29, 0.717) is 28.2 Å². The third-order valence-electron chi connectivity index (χ3n) is 4.72. The monoisotopic (exact) mass is 292 g/mol. The molecule has 1 aromatic rings. The molecule has 4 heteroatoms. The molecule has 1 saturated carbocycles. The van der Waals surface area contributed by atoms with Gasteiger partial charge in [0.15, 0.2) is 0 Å². The third kappa shape index (κ3) is 2.51. The number of halogens is 1. The van der Waals surface area contributed by atoms with E-state index in [-0.39, 0.29) is 5.91 Å². The van der Waals surface area contributed by atoms with Crippen LogP contribution >= 0.6 is 11.6 Å². The van der Waals surface area contributed by atoms with Gasteiger partial charge in [-0.05, 0) is 49.8 Å². The number of nitrogens with two attached hydrogens (primary N) is 1. The molecule has 0 aromatic heterocycles. The van der Waals surface area contributed by atoms with Gasteiger partial charge in [0, 0.05) is 18.3 Å². The third-order valence-corrected chi connectivity index (χ3v) is 5.05. The molecule has 1 aliphatic carbocycles. The fraction of sp³-hybridized carbons (Fsp3) is 0.562. The van der Waals surface area contributed by atoms with E-state index in [1.807, 2.05) is 4.90 Å². The van der Waals surface area contributed by atoms with Gasteiger partial charge in [-0.25, -0.2) is 0 Å². The summed E-state index contributed by atoms with van der Waals surface area (Å²) < 4.78 is 0. The summed E-state index contributed by atoms with van der Waals surface area (Å²) in [6.45, 7) is 0.852. The van der Waals surface area contributed by atoms with Crippen LogP contribution in [0.2, 0.25) is 5.02 Å². The van der Waals surface area contributed by atoms with Crippen LogP contribution in [-0.2, 0) is 0 Å². The predicted molar refractivity (Wildman–Crippen MR) is 81.9 cm³/mol. The van der Waals surface area contributed by atoms with Gasteiger partial charge < -0.3 is 10.6 Å². The molecule has 108 valence electrons. The molecular weight excluding hydrogens is 272 g/mol. The van der Waals surface area contributed by atoms with Crippen LogP contribution in [0.15, 0.2) is 18.2 Å². The van der Waals surface area contributed by atoms with E-state index < -0.39 is 0 Å². The van der Waals surface area contributed by atoms with Crippen molar-refractivity contribution in [1.82, 2.24) is 4.90 Å². The summed E-state index contributed by atoms with van der Waals surface area (Å²) in [5.41, 5.74) is 6.94. The first kappa shape index (κ1) is 13.7. The smallest absolute Gasteiger partial charge is 0.255 e. The first-order valence-electron chi connectivity index (χ1n) is 7.53. The van der Waals surface area contributed by atoms with Crippen LogP contribution in [0.4, 0.5) is 5.69 Å². The van der Waals surface area contributed by atoms with Crippen LogP contribution in [-0.4, -0.2) is 23.4 Å². The normalized spacial score (nSPS) is 26.1. The lowest BCUT2D eigenvalue weighted by molar-refractivity contribution is 0.0391. The van der Waals surface area contributed by atoms with E-state index in [0.717, 1.165) is 19.4 Å². The number of likely N-dealkylation sites (tertiary alicyclic amines) is 1. The lowest BCUT2D eigenvalue weighted by Gasteiger charge is -2.44. The van der Waals surface area contributed by atoms with Gasteiger partial charge in [0.05, 0.1) is 10.6 Å². The minimum atomic E-state index is 0.0545. The zero-order valence-electron chi connectivity index (χ0n) is 11.6. The molecule has 2 fully saturated rings. The van der Waals surface area contributed by atoms with Crippen molar-refractivity contribution in [3.8, 4) is 0 Å². The Morgan fingerprint density at radius 3 is 2.80 bits per heavy atom. The van der Waals surface area contributed by atoms with Crippen molar-refractivity contribution in [1.29, 1.82) is 0 Å². The van der Waals surface area contributed by atoms with Gasteiger partial charge in [-0.1, -0.05) is 24.4 Å². The number of hydrogen-bond donors (Lipinski definition) is 1. The summed E-state index contributed by atoms with van der Waals surface area (Å²) in [4.78, 5) is 14.9. The molecule has 1 saturated heterocycles.